The molecule has 3 aromatic rings. The lowest BCUT2D eigenvalue weighted by Gasteiger charge is -2.07. The standard InChI is InChI=1S/C24H25FS/c1-2-17-7-9-19(10-8-17)20-11-13-22(23(25)16-20)24-14-12-21(26-24)15-18-5-3-4-6-18/h7-14,16,18H,2-6,15H2,1H3. The fraction of sp³-hybridized carbons (Fsp3) is 0.333. The van der Waals surface area contributed by atoms with Gasteiger partial charge in [0.2, 0.25) is 0 Å². The Labute approximate surface area is 159 Å². The van der Waals surface area contributed by atoms with Gasteiger partial charge in [-0.1, -0.05) is 62.9 Å². The van der Waals surface area contributed by atoms with Gasteiger partial charge in [0.15, 0.2) is 0 Å². The quantitative estimate of drug-likeness (QED) is 0.439. The van der Waals surface area contributed by atoms with Gasteiger partial charge in [0.05, 0.1) is 0 Å². The predicted molar refractivity (Wildman–Crippen MR) is 110 cm³/mol. The van der Waals surface area contributed by atoms with Gasteiger partial charge in [-0.15, -0.1) is 11.3 Å². The van der Waals surface area contributed by atoms with Crippen LogP contribution in [0.15, 0.2) is 54.6 Å². The number of thiophene rings is 1. The Hall–Kier alpha value is -1.93. The molecule has 0 amide bonds. The summed E-state index contributed by atoms with van der Waals surface area (Å²) in [7, 11) is 0. The molecule has 134 valence electrons. The van der Waals surface area contributed by atoms with Gasteiger partial charge < -0.3 is 0 Å². The summed E-state index contributed by atoms with van der Waals surface area (Å²) in [5.74, 6) is 0.705. The van der Waals surface area contributed by atoms with E-state index in [1.54, 1.807) is 17.4 Å². The summed E-state index contributed by atoms with van der Waals surface area (Å²) >= 11 is 1.75. The average Bonchev–Trinajstić information content (AvgIpc) is 3.34. The molecule has 0 N–H and O–H groups in total. The molecule has 0 nitrogen and oxygen atoms in total. The van der Waals surface area contributed by atoms with Crippen molar-refractivity contribution >= 4 is 11.3 Å². The summed E-state index contributed by atoms with van der Waals surface area (Å²) in [6.45, 7) is 2.14. The summed E-state index contributed by atoms with van der Waals surface area (Å²) < 4.78 is 14.8. The van der Waals surface area contributed by atoms with Gasteiger partial charge in [0.25, 0.3) is 0 Å². The van der Waals surface area contributed by atoms with Crippen molar-refractivity contribution in [2.24, 2.45) is 5.92 Å². The molecule has 4 rings (SSSR count). The van der Waals surface area contributed by atoms with Crippen molar-refractivity contribution in [1.82, 2.24) is 0 Å². The Bertz CT molecular complexity index is 869. The van der Waals surface area contributed by atoms with E-state index in [1.807, 2.05) is 12.1 Å². The van der Waals surface area contributed by atoms with Gasteiger partial charge in [-0.2, -0.15) is 0 Å². The summed E-state index contributed by atoms with van der Waals surface area (Å²) in [5, 5.41) is 0. The van der Waals surface area contributed by atoms with Gasteiger partial charge in [0.1, 0.15) is 5.82 Å². The van der Waals surface area contributed by atoms with Gasteiger partial charge in [0, 0.05) is 15.3 Å². The molecule has 1 saturated carbocycles. The fourth-order valence-corrected chi connectivity index (χ4v) is 5.11. The van der Waals surface area contributed by atoms with E-state index in [0.29, 0.717) is 0 Å². The van der Waals surface area contributed by atoms with E-state index < -0.39 is 0 Å². The number of rotatable bonds is 5. The first-order valence-electron chi connectivity index (χ1n) is 9.71. The topological polar surface area (TPSA) is 0 Å². The number of aryl methyl sites for hydroxylation is 1. The molecule has 0 aliphatic heterocycles. The Kier molecular flexibility index (Phi) is 5.21. The molecule has 2 aromatic carbocycles. The molecule has 1 fully saturated rings. The minimum absolute atomic E-state index is 0.128. The largest absolute Gasteiger partial charge is 0.206 e. The van der Waals surface area contributed by atoms with Gasteiger partial charge >= 0.3 is 0 Å². The SMILES string of the molecule is CCc1ccc(-c2ccc(-c3ccc(CC4CCCC4)s3)c(F)c2)cc1. The minimum atomic E-state index is -0.128. The van der Waals surface area contributed by atoms with E-state index in [1.165, 1.54) is 36.1 Å². The van der Waals surface area contributed by atoms with Crippen molar-refractivity contribution in [1.29, 1.82) is 0 Å². The Morgan fingerprint density at radius 2 is 1.65 bits per heavy atom. The smallest absolute Gasteiger partial charge is 0.132 e. The number of halogens is 1. The van der Waals surface area contributed by atoms with Crippen molar-refractivity contribution in [3.05, 3.63) is 70.9 Å². The third-order valence-electron chi connectivity index (χ3n) is 5.56. The normalized spacial score (nSPS) is 14.8. The first-order chi connectivity index (χ1) is 12.7. The summed E-state index contributed by atoms with van der Waals surface area (Å²) in [5.41, 5.74) is 4.04. The lowest BCUT2D eigenvalue weighted by molar-refractivity contribution is 0.551. The molecular formula is C24H25FS. The fourth-order valence-electron chi connectivity index (χ4n) is 3.96. The Balaban J connectivity index is 1.54. The van der Waals surface area contributed by atoms with Crippen LogP contribution in [0.3, 0.4) is 0 Å². The van der Waals surface area contributed by atoms with E-state index in [0.717, 1.165) is 40.3 Å². The highest BCUT2D eigenvalue weighted by Crippen LogP contribution is 2.35. The summed E-state index contributed by atoms with van der Waals surface area (Å²) in [4.78, 5) is 2.44. The van der Waals surface area contributed by atoms with Gasteiger partial charge in [-0.05, 0) is 59.7 Å². The third-order valence-corrected chi connectivity index (χ3v) is 6.70. The first-order valence-corrected chi connectivity index (χ1v) is 10.5. The Morgan fingerprint density at radius 3 is 2.35 bits per heavy atom. The zero-order valence-corrected chi connectivity index (χ0v) is 16.1. The number of hydrogen-bond donors (Lipinski definition) is 0. The van der Waals surface area contributed by atoms with Crippen molar-refractivity contribution in [2.45, 2.75) is 45.4 Å². The zero-order chi connectivity index (χ0) is 17.9. The summed E-state index contributed by atoms with van der Waals surface area (Å²) in [6.07, 6.45) is 7.64. The second kappa shape index (κ2) is 7.75. The molecule has 0 radical (unpaired) electrons. The Morgan fingerprint density at radius 1 is 0.923 bits per heavy atom. The molecule has 26 heavy (non-hydrogen) atoms. The van der Waals surface area contributed by atoms with Crippen molar-refractivity contribution in [2.75, 3.05) is 0 Å². The maximum atomic E-state index is 14.8. The zero-order valence-electron chi connectivity index (χ0n) is 15.3. The van der Waals surface area contributed by atoms with E-state index >= 15 is 0 Å². The van der Waals surface area contributed by atoms with E-state index in [2.05, 4.69) is 43.3 Å². The van der Waals surface area contributed by atoms with Gasteiger partial charge in [-0.25, -0.2) is 4.39 Å². The van der Waals surface area contributed by atoms with Crippen LogP contribution in [-0.4, -0.2) is 0 Å². The molecule has 1 heterocycles. The molecule has 0 atom stereocenters. The first kappa shape index (κ1) is 17.5. The van der Waals surface area contributed by atoms with Crippen LogP contribution in [-0.2, 0) is 12.8 Å². The monoisotopic (exact) mass is 364 g/mol. The van der Waals surface area contributed by atoms with Crippen LogP contribution in [0.25, 0.3) is 21.6 Å². The molecule has 1 aliphatic rings. The molecule has 0 saturated heterocycles. The third kappa shape index (κ3) is 3.76. The molecule has 0 unspecified atom stereocenters. The molecule has 0 spiro atoms. The predicted octanol–water partition coefficient (Wildman–Crippen LogP) is 7.52. The molecule has 2 heteroatoms. The second-order valence-corrected chi connectivity index (χ2v) is 8.53. The van der Waals surface area contributed by atoms with E-state index in [9.17, 15) is 4.39 Å². The van der Waals surface area contributed by atoms with Crippen LogP contribution >= 0.6 is 11.3 Å². The lowest BCUT2D eigenvalue weighted by Crippen LogP contribution is -1.95. The van der Waals surface area contributed by atoms with Crippen molar-refractivity contribution in [3.8, 4) is 21.6 Å². The minimum Gasteiger partial charge on any atom is -0.206 e. The highest BCUT2D eigenvalue weighted by molar-refractivity contribution is 7.15. The van der Waals surface area contributed by atoms with Gasteiger partial charge in [-0.3, -0.25) is 0 Å². The molecular weight excluding hydrogens is 339 g/mol. The van der Waals surface area contributed by atoms with Crippen LogP contribution in [0, 0.1) is 11.7 Å². The highest BCUT2D eigenvalue weighted by atomic mass is 32.1. The maximum Gasteiger partial charge on any atom is 0.132 e. The second-order valence-electron chi connectivity index (χ2n) is 7.37. The van der Waals surface area contributed by atoms with E-state index in [4.69, 9.17) is 0 Å². The average molecular weight is 365 g/mol. The molecule has 0 bridgehead atoms. The van der Waals surface area contributed by atoms with Crippen LogP contribution in [0.2, 0.25) is 0 Å². The highest BCUT2D eigenvalue weighted by Gasteiger charge is 2.17. The number of hydrogen-bond acceptors (Lipinski definition) is 1. The summed E-state index contributed by atoms with van der Waals surface area (Å²) in [6, 6.07) is 18.3. The number of benzene rings is 2. The van der Waals surface area contributed by atoms with Crippen molar-refractivity contribution < 1.29 is 4.39 Å². The van der Waals surface area contributed by atoms with Crippen LogP contribution in [0.4, 0.5) is 4.39 Å². The maximum absolute atomic E-state index is 14.8. The lowest BCUT2D eigenvalue weighted by atomic mass is 10.0. The van der Waals surface area contributed by atoms with Crippen LogP contribution in [0.5, 0.6) is 0 Å². The molecule has 1 aromatic heterocycles. The van der Waals surface area contributed by atoms with Crippen LogP contribution < -0.4 is 0 Å². The molecule has 1 aliphatic carbocycles. The van der Waals surface area contributed by atoms with Crippen LogP contribution in [0.1, 0.15) is 43.0 Å². The van der Waals surface area contributed by atoms with E-state index in [-0.39, 0.29) is 5.82 Å². The van der Waals surface area contributed by atoms with Crippen molar-refractivity contribution in [3.63, 3.8) is 0 Å².